The lowest BCUT2D eigenvalue weighted by Gasteiger charge is -2.32. The summed E-state index contributed by atoms with van der Waals surface area (Å²) in [5.41, 5.74) is 0.912. The molecule has 3 aromatic heterocycles. The van der Waals surface area contributed by atoms with Gasteiger partial charge in [0, 0.05) is 37.6 Å². The van der Waals surface area contributed by atoms with Crippen LogP contribution in [0.4, 0.5) is 0 Å². The number of piperidine rings is 1. The van der Waals surface area contributed by atoms with Crippen LogP contribution in [0.2, 0.25) is 0 Å². The molecule has 1 atom stereocenters. The molecule has 1 unspecified atom stereocenters. The average molecular weight is 388 g/mol. The Hall–Kier alpha value is -3.55. The third-order valence-electron chi connectivity index (χ3n) is 5.57. The fourth-order valence-electron chi connectivity index (χ4n) is 4.12. The first-order chi connectivity index (χ1) is 14.1. The maximum Gasteiger partial charge on any atom is 0.274 e. The molecule has 5 rings (SSSR count). The molecule has 29 heavy (non-hydrogen) atoms. The van der Waals surface area contributed by atoms with Crippen molar-refractivity contribution in [2.45, 2.75) is 18.8 Å². The van der Waals surface area contributed by atoms with Gasteiger partial charge >= 0.3 is 0 Å². The van der Waals surface area contributed by atoms with E-state index in [1.807, 2.05) is 39.8 Å². The van der Waals surface area contributed by atoms with E-state index in [9.17, 15) is 9.59 Å². The summed E-state index contributed by atoms with van der Waals surface area (Å²) in [4.78, 5) is 27.5. The number of hydrogen-bond acceptors (Lipinski definition) is 5. The Bertz CT molecular complexity index is 1290. The van der Waals surface area contributed by atoms with E-state index in [2.05, 4.69) is 15.3 Å². The van der Waals surface area contributed by atoms with Crippen LogP contribution in [0.1, 0.15) is 35.1 Å². The summed E-state index contributed by atoms with van der Waals surface area (Å²) in [7, 11) is 1.58. The van der Waals surface area contributed by atoms with Gasteiger partial charge in [0.05, 0.1) is 5.39 Å². The topological polar surface area (TPSA) is 85.4 Å². The maximum atomic E-state index is 13.4. The second-order valence-electron chi connectivity index (χ2n) is 7.40. The normalized spacial score (nSPS) is 17.1. The van der Waals surface area contributed by atoms with Gasteiger partial charge in [-0.05, 0) is 31.0 Å². The van der Waals surface area contributed by atoms with E-state index in [-0.39, 0.29) is 17.4 Å². The van der Waals surface area contributed by atoms with Gasteiger partial charge in [-0.1, -0.05) is 24.3 Å². The SMILES string of the molecule is Cn1nc(C(=O)N2CCCC(c3nnc4ccccn34)C2)c2ccccc2c1=O. The van der Waals surface area contributed by atoms with Crippen LogP contribution in [0.25, 0.3) is 16.4 Å². The first-order valence-corrected chi connectivity index (χ1v) is 9.68. The lowest BCUT2D eigenvalue weighted by molar-refractivity contribution is 0.0698. The van der Waals surface area contributed by atoms with E-state index in [0.717, 1.165) is 24.3 Å². The van der Waals surface area contributed by atoms with E-state index in [0.29, 0.717) is 29.6 Å². The molecule has 4 heterocycles. The number of carbonyl (C=O) groups is 1. The number of likely N-dealkylation sites (tertiary alicyclic amines) is 1. The van der Waals surface area contributed by atoms with Crippen LogP contribution in [-0.4, -0.2) is 48.3 Å². The molecule has 1 fully saturated rings. The van der Waals surface area contributed by atoms with Crippen molar-refractivity contribution in [1.82, 2.24) is 29.3 Å². The third-order valence-corrected chi connectivity index (χ3v) is 5.57. The number of aryl methyl sites for hydroxylation is 1. The van der Waals surface area contributed by atoms with Crippen LogP contribution >= 0.6 is 0 Å². The van der Waals surface area contributed by atoms with Gasteiger partial charge in [-0.15, -0.1) is 10.2 Å². The Labute approximate surface area is 166 Å². The van der Waals surface area contributed by atoms with E-state index in [1.165, 1.54) is 4.68 Å². The van der Waals surface area contributed by atoms with Gasteiger partial charge in [0.25, 0.3) is 11.5 Å². The van der Waals surface area contributed by atoms with Crippen molar-refractivity contribution in [2.24, 2.45) is 7.05 Å². The molecule has 0 saturated carbocycles. The smallest absolute Gasteiger partial charge is 0.274 e. The lowest BCUT2D eigenvalue weighted by atomic mass is 9.96. The number of pyridine rings is 1. The van der Waals surface area contributed by atoms with Crippen LogP contribution < -0.4 is 5.56 Å². The first kappa shape index (κ1) is 17.5. The second kappa shape index (κ2) is 6.80. The summed E-state index contributed by atoms with van der Waals surface area (Å²) in [6, 6.07) is 12.9. The predicted octanol–water partition coefficient (Wildman–Crippen LogP) is 2.00. The molecular weight excluding hydrogens is 368 g/mol. The number of benzene rings is 1. The minimum atomic E-state index is -0.205. The quantitative estimate of drug-likeness (QED) is 0.524. The van der Waals surface area contributed by atoms with Crippen molar-refractivity contribution in [1.29, 1.82) is 0 Å². The number of rotatable bonds is 2. The molecule has 146 valence electrons. The van der Waals surface area contributed by atoms with Crippen LogP contribution in [0.5, 0.6) is 0 Å². The highest BCUT2D eigenvalue weighted by Crippen LogP contribution is 2.27. The third kappa shape index (κ3) is 2.88. The molecule has 1 aliphatic rings. The largest absolute Gasteiger partial charge is 0.337 e. The molecule has 0 bridgehead atoms. The Morgan fingerprint density at radius 2 is 1.86 bits per heavy atom. The molecule has 1 saturated heterocycles. The van der Waals surface area contributed by atoms with Gasteiger partial charge in [0.2, 0.25) is 0 Å². The number of nitrogens with zero attached hydrogens (tertiary/aromatic N) is 6. The molecule has 1 aromatic carbocycles. The van der Waals surface area contributed by atoms with Crippen molar-refractivity contribution >= 4 is 22.3 Å². The van der Waals surface area contributed by atoms with E-state index in [1.54, 1.807) is 25.2 Å². The molecule has 8 heteroatoms. The molecular formula is C21H20N6O2. The van der Waals surface area contributed by atoms with Crippen molar-refractivity contribution in [3.05, 3.63) is 70.5 Å². The second-order valence-corrected chi connectivity index (χ2v) is 7.40. The summed E-state index contributed by atoms with van der Waals surface area (Å²) in [6.45, 7) is 1.21. The summed E-state index contributed by atoms with van der Waals surface area (Å²) in [5, 5.41) is 14.0. The van der Waals surface area contributed by atoms with E-state index >= 15 is 0 Å². The molecule has 4 aromatic rings. The monoisotopic (exact) mass is 388 g/mol. The minimum Gasteiger partial charge on any atom is -0.337 e. The van der Waals surface area contributed by atoms with Crippen LogP contribution in [0.3, 0.4) is 0 Å². The van der Waals surface area contributed by atoms with Crippen molar-refractivity contribution in [3.8, 4) is 0 Å². The van der Waals surface area contributed by atoms with Crippen LogP contribution in [0.15, 0.2) is 53.5 Å². The molecule has 1 amide bonds. The summed E-state index contributed by atoms with van der Waals surface area (Å²) in [5.74, 6) is 0.815. The van der Waals surface area contributed by atoms with Gasteiger partial charge in [-0.2, -0.15) is 5.10 Å². The van der Waals surface area contributed by atoms with Crippen LogP contribution in [-0.2, 0) is 7.05 Å². The number of carbonyl (C=O) groups excluding carboxylic acids is 1. The Kier molecular flexibility index (Phi) is 4.12. The zero-order chi connectivity index (χ0) is 20.0. The number of amides is 1. The van der Waals surface area contributed by atoms with Gasteiger partial charge in [0.15, 0.2) is 11.3 Å². The van der Waals surface area contributed by atoms with Crippen molar-refractivity contribution in [2.75, 3.05) is 13.1 Å². The fraction of sp³-hybridized carbons (Fsp3) is 0.286. The van der Waals surface area contributed by atoms with Crippen molar-refractivity contribution in [3.63, 3.8) is 0 Å². The molecule has 0 N–H and O–H groups in total. The molecule has 8 nitrogen and oxygen atoms in total. The summed E-state index contributed by atoms with van der Waals surface area (Å²) in [6.07, 6.45) is 3.77. The molecule has 1 aliphatic heterocycles. The first-order valence-electron chi connectivity index (χ1n) is 9.68. The highest BCUT2D eigenvalue weighted by Gasteiger charge is 2.30. The highest BCUT2D eigenvalue weighted by atomic mass is 16.2. The number of aromatic nitrogens is 5. The van der Waals surface area contributed by atoms with E-state index in [4.69, 9.17) is 0 Å². The standard InChI is InChI=1S/C21H20N6O2/c1-25-20(28)16-9-3-2-8-15(16)18(24-25)21(29)26-11-6-7-14(13-26)19-23-22-17-10-4-5-12-27(17)19/h2-5,8-10,12,14H,6-7,11,13H2,1H3. The highest BCUT2D eigenvalue weighted by molar-refractivity contribution is 6.04. The van der Waals surface area contributed by atoms with Gasteiger partial charge in [0.1, 0.15) is 5.82 Å². The van der Waals surface area contributed by atoms with E-state index < -0.39 is 0 Å². The fourth-order valence-corrected chi connectivity index (χ4v) is 4.12. The van der Waals surface area contributed by atoms with Crippen molar-refractivity contribution < 1.29 is 4.79 Å². The average Bonchev–Trinajstić information content (AvgIpc) is 3.20. The summed E-state index contributed by atoms with van der Waals surface area (Å²) >= 11 is 0. The lowest BCUT2D eigenvalue weighted by Crippen LogP contribution is -2.40. The van der Waals surface area contributed by atoms with Crippen LogP contribution in [0, 0.1) is 0 Å². The summed E-state index contributed by atoms with van der Waals surface area (Å²) < 4.78 is 3.22. The maximum absolute atomic E-state index is 13.4. The molecule has 0 aliphatic carbocycles. The number of fused-ring (bicyclic) bond motifs is 2. The zero-order valence-corrected chi connectivity index (χ0v) is 16.0. The molecule has 0 radical (unpaired) electrons. The zero-order valence-electron chi connectivity index (χ0n) is 16.0. The molecule has 0 spiro atoms. The predicted molar refractivity (Wildman–Crippen MR) is 108 cm³/mol. The Balaban J connectivity index is 1.50. The van der Waals surface area contributed by atoms with Gasteiger partial charge in [-0.3, -0.25) is 14.0 Å². The Morgan fingerprint density at radius 1 is 1.07 bits per heavy atom. The number of hydrogen-bond donors (Lipinski definition) is 0. The Morgan fingerprint density at radius 3 is 2.72 bits per heavy atom. The van der Waals surface area contributed by atoms with Gasteiger partial charge in [-0.25, -0.2) is 4.68 Å². The van der Waals surface area contributed by atoms with Gasteiger partial charge < -0.3 is 4.90 Å². The minimum absolute atomic E-state index is 0.101.